The zero-order chi connectivity index (χ0) is 22.7. The molecule has 32 heavy (non-hydrogen) atoms. The van der Waals surface area contributed by atoms with Gasteiger partial charge in [0.25, 0.3) is 11.1 Å². The van der Waals surface area contributed by atoms with Crippen molar-refractivity contribution in [3.8, 4) is 28.5 Å². The number of rotatable bonds is 7. The minimum absolute atomic E-state index is 0.130. The molecule has 0 saturated heterocycles. The number of anilines is 1. The molecule has 2 aromatic carbocycles. The number of hydrogen-bond acceptors (Lipinski definition) is 8. The van der Waals surface area contributed by atoms with Crippen molar-refractivity contribution >= 4 is 34.1 Å². The van der Waals surface area contributed by atoms with Gasteiger partial charge in [-0.15, -0.1) is 21.5 Å². The zero-order valence-electron chi connectivity index (χ0n) is 18.1. The Morgan fingerprint density at radius 1 is 1.09 bits per heavy atom. The smallest absolute Gasteiger partial charge is 0.277 e. The van der Waals surface area contributed by atoms with Crippen molar-refractivity contribution in [2.45, 2.75) is 26.0 Å². The molecule has 4 aromatic rings. The zero-order valence-corrected chi connectivity index (χ0v) is 19.8. The number of para-hydroxylation sites is 1. The standard InChI is InChI=1S/C23H22N4O3S2/c1-13-9-15(3)17(10-14(13)2)18-11-31-22(24-18)25-20(28)12-32-23-27-26-21(30-23)16-7-5-6-8-19(16)29-4/h5-11H,12H2,1-4H3,(H,24,25,28). The average molecular weight is 467 g/mol. The number of carbonyl (C=O) groups is 1. The van der Waals surface area contributed by atoms with Crippen LogP contribution in [0.1, 0.15) is 16.7 Å². The molecule has 1 amide bonds. The lowest BCUT2D eigenvalue weighted by molar-refractivity contribution is -0.113. The van der Waals surface area contributed by atoms with Crippen LogP contribution in [0.15, 0.2) is 51.4 Å². The van der Waals surface area contributed by atoms with Gasteiger partial charge in [0.05, 0.1) is 24.1 Å². The fraction of sp³-hybridized carbons (Fsp3) is 0.217. The molecule has 1 N–H and O–H groups in total. The molecule has 0 unspecified atom stereocenters. The largest absolute Gasteiger partial charge is 0.496 e. The number of nitrogens with zero attached hydrogens (tertiary/aromatic N) is 3. The van der Waals surface area contributed by atoms with Gasteiger partial charge >= 0.3 is 0 Å². The van der Waals surface area contributed by atoms with Gasteiger partial charge in [-0.2, -0.15) is 0 Å². The van der Waals surface area contributed by atoms with E-state index in [1.165, 1.54) is 34.2 Å². The minimum atomic E-state index is -0.190. The van der Waals surface area contributed by atoms with Gasteiger partial charge in [0, 0.05) is 10.9 Å². The van der Waals surface area contributed by atoms with Crippen LogP contribution in [0, 0.1) is 20.8 Å². The average Bonchev–Trinajstić information content (AvgIpc) is 3.44. The van der Waals surface area contributed by atoms with E-state index in [4.69, 9.17) is 9.15 Å². The molecule has 164 valence electrons. The number of carbonyl (C=O) groups excluding carboxylic acids is 1. The number of ether oxygens (including phenoxy) is 1. The third kappa shape index (κ3) is 4.84. The SMILES string of the molecule is COc1ccccc1-c1nnc(SCC(=O)Nc2nc(-c3cc(C)c(C)cc3C)cs2)o1. The molecule has 0 atom stereocenters. The second-order valence-corrected chi connectivity index (χ2v) is 8.98. The van der Waals surface area contributed by atoms with E-state index >= 15 is 0 Å². The Balaban J connectivity index is 1.37. The molecule has 0 fully saturated rings. The van der Waals surface area contributed by atoms with E-state index in [2.05, 4.69) is 53.4 Å². The molecule has 0 spiro atoms. The maximum absolute atomic E-state index is 12.4. The molecule has 2 heterocycles. The number of aromatic nitrogens is 3. The first-order valence-electron chi connectivity index (χ1n) is 9.88. The summed E-state index contributed by atoms with van der Waals surface area (Å²) in [7, 11) is 1.58. The molecule has 2 aromatic heterocycles. The number of thioether (sulfide) groups is 1. The normalized spacial score (nSPS) is 10.9. The Hall–Kier alpha value is -3.17. The summed E-state index contributed by atoms with van der Waals surface area (Å²) >= 11 is 2.57. The quantitative estimate of drug-likeness (QED) is 0.358. The molecule has 0 saturated carbocycles. The van der Waals surface area contributed by atoms with E-state index in [0.29, 0.717) is 27.6 Å². The van der Waals surface area contributed by atoms with Gasteiger partial charge in [0.15, 0.2) is 5.13 Å². The molecule has 7 nitrogen and oxygen atoms in total. The number of aryl methyl sites for hydroxylation is 3. The van der Waals surface area contributed by atoms with Gasteiger partial charge in [0.1, 0.15) is 5.75 Å². The Morgan fingerprint density at radius 2 is 1.88 bits per heavy atom. The van der Waals surface area contributed by atoms with Crippen molar-refractivity contribution in [1.29, 1.82) is 0 Å². The van der Waals surface area contributed by atoms with Crippen LogP contribution in [-0.4, -0.2) is 34.0 Å². The van der Waals surface area contributed by atoms with Crippen LogP contribution < -0.4 is 10.1 Å². The van der Waals surface area contributed by atoms with Gasteiger partial charge in [-0.25, -0.2) is 4.98 Å². The monoisotopic (exact) mass is 466 g/mol. The van der Waals surface area contributed by atoms with Crippen LogP contribution in [0.4, 0.5) is 5.13 Å². The first kappa shape index (κ1) is 22.0. The maximum atomic E-state index is 12.4. The van der Waals surface area contributed by atoms with Gasteiger partial charge in [-0.05, 0) is 55.7 Å². The highest BCUT2D eigenvalue weighted by Gasteiger charge is 2.15. The molecule has 0 aliphatic heterocycles. The maximum Gasteiger partial charge on any atom is 0.277 e. The number of thiazole rings is 1. The molecular weight excluding hydrogens is 444 g/mol. The summed E-state index contributed by atoms with van der Waals surface area (Å²) in [6.45, 7) is 6.25. The summed E-state index contributed by atoms with van der Waals surface area (Å²) in [6, 6.07) is 11.7. The lowest BCUT2D eigenvalue weighted by atomic mass is 9.99. The van der Waals surface area contributed by atoms with E-state index in [9.17, 15) is 4.79 Å². The van der Waals surface area contributed by atoms with E-state index < -0.39 is 0 Å². The molecule has 0 radical (unpaired) electrons. The third-order valence-electron chi connectivity index (χ3n) is 4.94. The van der Waals surface area contributed by atoms with Crippen molar-refractivity contribution < 1.29 is 13.9 Å². The number of amides is 1. The van der Waals surface area contributed by atoms with E-state index in [-0.39, 0.29) is 11.7 Å². The fourth-order valence-electron chi connectivity index (χ4n) is 3.17. The lowest BCUT2D eigenvalue weighted by Crippen LogP contribution is -2.13. The summed E-state index contributed by atoms with van der Waals surface area (Å²) in [4.78, 5) is 17.0. The predicted molar refractivity (Wildman–Crippen MR) is 127 cm³/mol. The Bertz CT molecular complexity index is 1270. The second-order valence-electron chi connectivity index (χ2n) is 7.20. The lowest BCUT2D eigenvalue weighted by Gasteiger charge is -2.07. The Morgan fingerprint density at radius 3 is 2.69 bits per heavy atom. The molecule has 0 bridgehead atoms. The predicted octanol–water partition coefficient (Wildman–Crippen LogP) is 5.52. The van der Waals surface area contributed by atoms with Crippen LogP contribution in [0.3, 0.4) is 0 Å². The summed E-state index contributed by atoms with van der Waals surface area (Å²) in [5.41, 5.74) is 6.27. The molecule has 0 aliphatic carbocycles. The first-order chi connectivity index (χ1) is 15.4. The summed E-state index contributed by atoms with van der Waals surface area (Å²) in [5, 5.41) is 13.7. The van der Waals surface area contributed by atoms with Gasteiger partial charge in [-0.1, -0.05) is 30.0 Å². The van der Waals surface area contributed by atoms with E-state index in [1.54, 1.807) is 7.11 Å². The minimum Gasteiger partial charge on any atom is -0.496 e. The molecule has 0 aliphatic rings. The van der Waals surface area contributed by atoms with Crippen molar-refractivity contribution in [3.63, 3.8) is 0 Å². The molecule has 9 heteroatoms. The summed E-state index contributed by atoms with van der Waals surface area (Å²) in [5.74, 6) is 0.929. The fourth-order valence-corrected chi connectivity index (χ4v) is 4.46. The Kier molecular flexibility index (Phi) is 6.57. The van der Waals surface area contributed by atoms with Gasteiger partial charge in [0.2, 0.25) is 5.91 Å². The van der Waals surface area contributed by atoms with E-state index in [1.807, 2.05) is 29.6 Å². The van der Waals surface area contributed by atoms with Gasteiger partial charge in [-0.3, -0.25) is 4.79 Å². The van der Waals surface area contributed by atoms with Crippen molar-refractivity contribution in [1.82, 2.24) is 15.2 Å². The van der Waals surface area contributed by atoms with Crippen molar-refractivity contribution in [2.24, 2.45) is 0 Å². The Labute approximate surface area is 194 Å². The van der Waals surface area contributed by atoms with Crippen LogP contribution in [0.5, 0.6) is 5.75 Å². The molecular formula is C23H22N4O3S2. The summed E-state index contributed by atoms with van der Waals surface area (Å²) in [6.07, 6.45) is 0. The number of methoxy groups -OCH3 is 1. The highest BCUT2D eigenvalue weighted by atomic mass is 32.2. The topological polar surface area (TPSA) is 90.1 Å². The highest BCUT2D eigenvalue weighted by molar-refractivity contribution is 7.99. The number of hydrogen-bond donors (Lipinski definition) is 1. The van der Waals surface area contributed by atoms with Gasteiger partial charge < -0.3 is 14.5 Å². The van der Waals surface area contributed by atoms with Crippen LogP contribution in [-0.2, 0) is 4.79 Å². The number of nitrogens with one attached hydrogen (secondary N) is 1. The van der Waals surface area contributed by atoms with Crippen molar-refractivity contribution in [2.75, 3.05) is 18.2 Å². The first-order valence-corrected chi connectivity index (χ1v) is 11.7. The molecule has 4 rings (SSSR count). The van der Waals surface area contributed by atoms with Crippen LogP contribution in [0.2, 0.25) is 0 Å². The van der Waals surface area contributed by atoms with Crippen molar-refractivity contribution in [3.05, 3.63) is 58.5 Å². The van der Waals surface area contributed by atoms with Crippen LogP contribution in [0.25, 0.3) is 22.7 Å². The highest BCUT2D eigenvalue weighted by Crippen LogP contribution is 2.31. The number of benzene rings is 2. The third-order valence-corrected chi connectivity index (χ3v) is 6.51. The van der Waals surface area contributed by atoms with Crippen LogP contribution >= 0.6 is 23.1 Å². The van der Waals surface area contributed by atoms with E-state index in [0.717, 1.165) is 16.8 Å². The summed E-state index contributed by atoms with van der Waals surface area (Å²) < 4.78 is 11.0. The second kappa shape index (κ2) is 9.54.